The van der Waals surface area contributed by atoms with Gasteiger partial charge in [0.25, 0.3) is 5.91 Å². The zero-order valence-electron chi connectivity index (χ0n) is 14.7. The number of ether oxygens (including phenoxy) is 1. The predicted molar refractivity (Wildman–Crippen MR) is 110 cm³/mol. The zero-order valence-corrected chi connectivity index (χ0v) is 15.5. The third-order valence-corrected chi connectivity index (χ3v) is 4.55. The van der Waals surface area contributed by atoms with E-state index in [0.29, 0.717) is 23.6 Å². The molecule has 26 heavy (non-hydrogen) atoms. The SMILES string of the molecule is CCC(=S)Oc1ccc2cccc(CCNC(=O)c3ccccc3)c2c1. The molecular weight excluding hydrogens is 342 g/mol. The lowest BCUT2D eigenvalue weighted by Gasteiger charge is -2.11. The van der Waals surface area contributed by atoms with Crippen molar-refractivity contribution in [2.75, 3.05) is 6.54 Å². The summed E-state index contributed by atoms with van der Waals surface area (Å²) in [5.41, 5.74) is 1.85. The molecular formula is C22H21NO2S. The number of amides is 1. The highest BCUT2D eigenvalue weighted by Crippen LogP contribution is 2.25. The van der Waals surface area contributed by atoms with Crippen molar-refractivity contribution in [3.05, 3.63) is 77.9 Å². The molecule has 3 nitrogen and oxygen atoms in total. The van der Waals surface area contributed by atoms with E-state index in [1.807, 2.05) is 61.5 Å². The van der Waals surface area contributed by atoms with E-state index in [1.165, 1.54) is 5.56 Å². The Balaban J connectivity index is 1.71. The number of fused-ring (bicyclic) bond motifs is 1. The molecule has 0 spiro atoms. The number of carbonyl (C=O) groups is 1. The highest BCUT2D eigenvalue weighted by molar-refractivity contribution is 7.80. The van der Waals surface area contributed by atoms with Crippen LogP contribution in [-0.4, -0.2) is 17.5 Å². The average Bonchev–Trinajstić information content (AvgIpc) is 2.68. The van der Waals surface area contributed by atoms with E-state index in [2.05, 4.69) is 17.4 Å². The number of hydrogen-bond acceptors (Lipinski definition) is 3. The standard InChI is InChI=1S/C22H21NO2S/c1-2-21(26)25-19-12-11-16-9-6-10-17(20(16)15-19)13-14-23-22(24)18-7-4-3-5-8-18/h3-12,15H,2,13-14H2,1H3,(H,23,24). The van der Waals surface area contributed by atoms with Crippen molar-refractivity contribution in [1.29, 1.82) is 0 Å². The maximum Gasteiger partial charge on any atom is 0.251 e. The number of carbonyl (C=O) groups excluding carboxylic acids is 1. The fourth-order valence-electron chi connectivity index (χ4n) is 2.80. The Kier molecular flexibility index (Phi) is 5.97. The van der Waals surface area contributed by atoms with Crippen LogP contribution >= 0.6 is 12.2 Å². The normalized spacial score (nSPS) is 10.5. The van der Waals surface area contributed by atoms with Crippen molar-refractivity contribution in [2.24, 2.45) is 0 Å². The van der Waals surface area contributed by atoms with Gasteiger partial charge in [-0.1, -0.05) is 49.4 Å². The van der Waals surface area contributed by atoms with Crippen molar-refractivity contribution < 1.29 is 9.53 Å². The summed E-state index contributed by atoms with van der Waals surface area (Å²) >= 11 is 5.17. The number of benzene rings is 3. The number of nitrogens with one attached hydrogen (secondary N) is 1. The highest BCUT2D eigenvalue weighted by Gasteiger charge is 2.07. The summed E-state index contributed by atoms with van der Waals surface area (Å²) in [5, 5.41) is 5.83. The largest absolute Gasteiger partial charge is 0.450 e. The Bertz CT molecular complexity index is 922. The lowest BCUT2D eigenvalue weighted by atomic mass is 10.0. The van der Waals surface area contributed by atoms with Crippen LogP contribution in [0.2, 0.25) is 0 Å². The molecule has 4 heteroatoms. The van der Waals surface area contributed by atoms with Gasteiger partial charge in [0.1, 0.15) is 5.75 Å². The Hall–Kier alpha value is -2.72. The molecule has 1 N–H and O–H groups in total. The summed E-state index contributed by atoms with van der Waals surface area (Å²) in [6.45, 7) is 2.55. The second-order valence-corrected chi connectivity index (χ2v) is 6.45. The van der Waals surface area contributed by atoms with Gasteiger partial charge in [-0.25, -0.2) is 0 Å². The van der Waals surface area contributed by atoms with E-state index in [4.69, 9.17) is 17.0 Å². The van der Waals surface area contributed by atoms with Crippen molar-refractivity contribution in [1.82, 2.24) is 5.32 Å². The predicted octanol–water partition coefficient (Wildman–Crippen LogP) is 4.93. The van der Waals surface area contributed by atoms with Gasteiger partial charge in [0.2, 0.25) is 0 Å². The monoisotopic (exact) mass is 363 g/mol. The minimum Gasteiger partial charge on any atom is -0.450 e. The van der Waals surface area contributed by atoms with E-state index in [-0.39, 0.29) is 5.91 Å². The summed E-state index contributed by atoms with van der Waals surface area (Å²) in [7, 11) is 0. The van der Waals surface area contributed by atoms with Crippen LogP contribution in [0.25, 0.3) is 10.8 Å². The second kappa shape index (κ2) is 8.59. The molecule has 0 bridgehead atoms. The first-order valence-electron chi connectivity index (χ1n) is 8.73. The Morgan fingerprint density at radius 1 is 1.04 bits per heavy atom. The first-order valence-corrected chi connectivity index (χ1v) is 9.14. The quantitative estimate of drug-likeness (QED) is 0.631. The van der Waals surface area contributed by atoms with E-state index >= 15 is 0 Å². The zero-order chi connectivity index (χ0) is 18.4. The summed E-state index contributed by atoms with van der Waals surface area (Å²) in [6.07, 6.45) is 1.46. The molecule has 0 unspecified atom stereocenters. The fourth-order valence-corrected chi connectivity index (χ4v) is 2.90. The topological polar surface area (TPSA) is 38.3 Å². The molecule has 0 saturated heterocycles. The molecule has 0 heterocycles. The molecule has 0 radical (unpaired) electrons. The van der Waals surface area contributed by atoms with Crippen molar-refractivity contribution in [2.45, 2.75) is 19.8 Å². The molecule has 0 saturated carbocycles. The van der Waals surface area contributed by atoms with Gasteiger partial charge >= 0.3 is 0 Å². The minimum absolute atomic E-state index is 0.0526. The third-order valence-electron chi connectivity index (χ3n) is 4.18. The van der Waals surface area contributed by atoms with E-state index in [9.17, 15) is 4.79 Å². The van der Waals surface area contributed by atoms with Crippen molar-refractivity contribution >= 4 is 33.9 Å². The molecule has 0 atom stereocenters. The van der Waals surface area contributed by atoms with Gasteiger partial charge in [0, 0.05) is 18.5 Å². The van der Waals surface area contributed by atoms with Crippen LogP contribution < -0.4 is 10.1 Å². The van der Waals surface area contributed by atoms with Crippen LogP contribution in [0.3, 0.4) is 0 Å². The van der Waals surface area contributed by atoms with E-state index in [0.717, 1.165) is 22.9 Å². The maximum atomic E-state index is 12.2. The van der Waals surface area contributed by atoms with Crippen LogP contribution in [0.1, 0.15) is 29.3 Å². The molecule has 0 aliphatic carbocycles. The van der Waals surface area contributed by atoms with Crippen LogP contribution in [0.5, 0.6) is 5.75 Å². The maximum absolute atomic E-state index is 12.2. The Morgan fingerprint density at radius 2 is 1.85 bits per heavy atom. The highest BCUT2D eigenvalue weighted by atomic mass is 32.1. The van der Waals surface area contributed by atoms with E-state index in [1.54, 1.807) is 0 Å². The van der Waals surface area contributed by atoms with Crippen LogP contribution in [0.4, 0.5) is 0 Å². The molecule has 0 aromatic heterocycles. The molecule has 0 aliphatic heterocycles. The molecule has 132 valence electrons. The smallest absolute Gasteiger partial charge is 0.251 e. The third kappa shape index (κ3) is 4.46. The molecule has 3 aromatic rings. The van der Waals surface area contributed by atoms with Gasteiger partial charge in [-0.05, 0) is 59.2 Å². The Morgan fingerprint density at radius 3 is 2.62 bits per heavy atom. The number of thiocarbonyl (C=S) groups is 1. The van der Waals surface area contributed by atoms with Crippen LogP contribution in [-0.2, 0) is 6.42 Å². The number of hydrogen-bond donors (Lipinski definition) is 1. The van der Waals surface area contributed by atoms with Crippen molar-refractivity contribution in [3.63, 3.8) is 0 Å². The van der Waals surface area contributed by atoms with Crippen molar-refractivity contribution in [3.8, 4) is 5.75 Å². The van der Waals surface area contributed by atoms with Gasteiger partial charge in [0.05, 0.1) is 0 Å². The first-order chi connectivity index (χ1) is 12.7. The lowest BCUT2D eigenvalue weighted by Crippen LogP contribution is -2.25. The van der Waals surface area contributed by atoms with E-state index < -0.39 is 0 Å². The lowest BCUT2D eigenvalue weighted by molar-refractivity contribution is 0.0954. The van der Waals surface area contributed by atoms with Gasteiger partial charge in [-0.15, -0.1) is 0 Å². The minimum atomic E-state index is -0.0526. The van der Waals surface area contributed by atoms with Crippen LogP contribution in [0, 0.1) is 0 Å². The molecule has 0 fully saturated rings. The molecule has 1 amide bonds. The second-order valence-electron chi connectivity index (χ2n) is 6.00. The number of rotatable bonds is 6. The summed E-state index contributed by atoms with van der Waals surface area (Å²) < 4.78 is 5.69. The summed E-state index contributed by atoms with van der Waals surface area (Å²) in [5.74, 6) is 0.702. The summed E-state index contributed by atoms with van der Waals surface area (Å²) in [4.78, 5) is 12.2. The molecule has 3 rings (SSSR count). The van der Waals surface area contributed by atoms with Gasteiger partial charge in [0.15, 0.2) is 5.05 Å². The molecule has 3 aromatic carbocycles. The van der Waals surface area contributed by atoms with Gasteiger partial charge < -0.3 is 10.1 Å². The van der Waals surface area contributed by atoms with Gasteiger partial charge in [-0.2, -0.15) is 0 Å². The van der Waals surface area contributed by atoms with Gasteiger partial charge in [-0.3, -0.25) is 4.79 Å². The average molecular weight is 363 g/mol. The van der Waals surface area contributed by atoms with Crippen LogP contribution in [0.15, 0.2) is 66.7 Å². The Labute approximate surface area is 159 Å². The summed E-state index contributed by atoms with van der Waals surface area (Å²) in [6, 6.07) is 21.4. The molecule has 0 aliphatic rings. The first kappa shape index (κ1) is 18.1. The fraction of sp³-hybridized carbons (Fsp3) is 0.182.